The molecule has 166 valence electrons. The monoisotopic (exact) mass is 439 g/mol. The van der Waals surface area contributed by atoms with Crippen LogP contribution in [0.2, 0.25) is 0 Å². The van der Waals surface area contributed by atoms with Crippen molar-refractivity contribution in [1.82, 2.24) is 9.78 Å². The lowest BCUT2D eigenvalue weighted by molar-refractivity contribution is -0.385. The highest BCUT2D eigenvalue weighted by atomic mass is 16.6. The van der Waals surface area contributed by atoms with E-state index >= 15 is 0 Å². The molecule has 0 atom stereocenters. The Balaban J connectivity index is 1.84. The zero-order valence-electron chi connectivity index (χ0n) is 17.9. The second-order valence-corrected chi connectivity index (χ2v) is 7.38. The number of hydrogen-bond acceptors (Lipinski definition) is 7. The molecule has 11 nitrogen and oxygen atoms in total. The summed E-state index contributed by atoms with van der Waals surface area (Å²) in [5, 5.41) is 28.8. The van der Waals surface area contributed by atoms with Crippen LogP contribution in [0.25, 0.3) is 0 Å². The van der Waals surface area contributed by atoms with Gasteiger partial charge in [-0.1, -0.05) is 6.07 Å². The Hall–Kier alpha value is -4.28. The molecule has 3 aromatic rings. The van der Waals surface area contributed by atoms with Crippen molar-refractivity contribution in [2.45, 2.75) is 34.2 Å². The highest BCUT2D eigenvalue weighted by molar-refractivity contribution is 5.91. The standard InChI is InChI=1S/C21H21N5O6/c1-12-5-13(2)14(3)20(6-12)32-18-8-16(7-17(9-18)25(28)29)22-21(27)11-24-10-19(26(30)31)15(4)23-24/h5-10H,11H2,1-4H3,(H,22,27). The van der Waals surface area contributed by atoms with Gasteiger partial charge in [-0.2, -0.15) is 5.10 Å². The van der Waals surface area contributed by atoms with Crippen molar-refractivity contribution in [3.05, 3.63) is 79.1 Å². The predicted molar refractivity (Wildman–Crippen MR) is 116 cm³/mol. The topological polar surface area (TPSA) is 142 Å². The highest BCUT2D eigenvalue weighted by Gasteiger charge is 2.18. The number of nitro groups is 2. The number of benzene rings is 2. The maximum Gasteiger partial charge on any atom is 0.309 e. The number of aromatic nitrogens is 2. The van der Waals surface area contributed by atoms with Gasteiger partial charge in [-0.25, -0.2) is 0 Å². The zero-order valence-corrected chi connectivity index (χ0v) is 17.9. The summed E-state index contributed by atoms with van der Waals surface area (Å²) in [6.07, 6.45) is 1.15. The number of carbonyl (C=O) groups is 1. The third-order valence-electron chi connectivity index (χ3n) is 4.80. The Morgan fingerprint density at radius 3 is 2.41 bits per heavy atom. The van der Waals surface area contributed by atoms with Gasteiger partial charge in [0.1, 0.15) is 29.9 Å². The Bertz CT molecular complexity index is 1230. The first kappa shape index (κ1) is 22.4. The number of nitrogens with zero attached hydrogens (tertiary/aromatic N) is 4. The second kappa shape index (κ2) is 8.84. The number of hydrogen-bond donors (Lipinski definition) is 1. The number of rotatable bonds is 7. The van der Waals surface area contributed by atoms with Crippen molar-refractivity contribution >= 4 is 23.0 Å². The molecule has 0 fully saturated rings. The third kappa shape index (κ3) is 5.06. The minimum absolute atomic E-state index is 0.152. The molecule has 0 saturated heterocycles. The number of aryl methyl sites for hydroxylation is 3. The summed E-state index contributed by atoms with van der Waals surface area (Å²) >= 11 is 0. The molecule has 0 aliphatic carbocycles. The number of nitro benzene ring substituents is 1. The zero-order chi connectivity index (χ0) is 23.6. The molecule has 3 rings (SSSR count). The van der Waals surface area contributed by atoms with Gasteiger partial charge in [0, 0.05) is 12.1 Å². The van der Waals surface area contributed by atoms with Gasteiger partial charge in [0.2, 0.25) is 5.91 Å². The maximum absolute atomic E-state index is 12.4. The summed E-state index contributed by atoms with van der Waals surface area (Å²) in [6.45, 7) is 6.90. The number of amides is 1. The van der Waals surface area contributed by atoms with Crippen molar-refractivity contribution in [3.8, 4) is 11.5 Å². The molecular weight excluding hydrogens is 418 g/mol. The van der Waals surface area contributed by atoms with E-state index in [4.69, 9.17) is 4.74 Å². The molecule has 0 aliphatic rings. The molecule has 0 spiro atoms. The second-order valence-electron chi connectivity index (χ2n) is 7.38. The summed E-state index contributed by atoms with van der Waals surface area (Å²) in [4.78, 5) is 33.6. The summed E-state index contributed by atoms with van der Waals surface area (Å²) in [6, 6.07) is 7.77. The van der Waals surface area contributed by atoms with Crippen molar-refractivity contribution in [2.75, 3.05) is 5.32 Å². The van der Waals surface area contributed by atoms with E-state index in [9.17, 15) is 25.0 Å². The first-order valence-corrected chi connectivity index (χ1v) is 9.57. The molecule has 1 heterocycles. The summed E-state index contributed by atoms with van der Waals surface area (Å²) in [7, 11) is 0. The Kier molecular flexibility index (Phi) is 6.19. The van der Waals surface area contributed by atoms with E-state index in [1.54, 1.807) is 0 Å². The molecule has 1 aromatic heterocycles. The fourth-order valence-electron chi connectivity index (χ4n) is 3.17. The molecule has 0 bridgehead atoms. The van der Waals surface area contributed by atoms with E-state index in [-0.39, 0.29) is 35.1 Å². The minimum atomic E-state index is -0.587. The molecule has 11 heteroatoms. The maximum atomic E-state index is 12.4. The van der Waals surface area contributed by atoms with Crippen molar-refractivity contribution in [3.63, 3.8) is 0 Å². The van der Waals surface area contributed by atoms with Gasteiger partial charge in [0.15, 0.2) is 0 Å². The van der Waals surface area contributed by atoms with Crippen LogP contribution in [0.3, 0.4) is 0 Å². The predicted octanol–water partition coefficient (Wildman–Crippen LogP) is 4.36. The van der Waals surface area contributed by atoms with Crippen LogP contribution in [-0.4, -0.2) is 25.5 Å². The number of anilines is 1. The minimum Gasteiger partial charge on any atom is -0.457 e. The number of ether oxygens (including phenoxy) is 1. The average molecular weight is 439 g/mol. The molecular formula is C21H21N5O6. The van der Waals surface area contributed by atoms with Gasteiger partial charge in [-0.05, 0) is 50.5 Å². The SMILES string of the molecule is Cc1cc(C)c(C)c(Oc2cc(NC(=O)Cn3cc([N+](=O)[O-])c(C)n3)cc([N+](=O)[O-])c2)c1. The Labute approximate surface area is 182 Å². The van der Waals surface area contributed by atoms with E-state index in [0.29, 0.717) is 5.75 Å². The summed E-state index contributed by atoms with van der Waals surface area (Å²) in [5.74, 6) is 0.184. The fourth-order valence-corrected chi connectivity index (χ4v) is 3.17. The van der Waals surface area contributed by atoms with E-state index in [1.807, 2.05) is 32.9 Å². The molecule has 1 amide bonds. The molecule has 0 saturated carbocycles. The molecule has 2 aromatic carbocycles. The first-order chi connectivity index (χ1) is 15.0. The molecule has 0 aliphatic heterocycles. The number of non-ortho nitro benzene ring substituents is 1. The van der Waals surface area contributed by atoms with E-state index in [1.165, 1.54) is 25.1 Å². The summed E-state index contributed by atoms with van der Waals surface area (Å²) in [5.41, 5.74) is 2.76. The van der Waals surface area contributed by atoms with Crippen LogP contribution < -0.4 is 10.1 Å². The normalized spacial score (nSPS) is 10.6. The first-order valence-electron chi connectivity index (χ1n) is 9.57. The van der Waals surface area contributed by atoms with Crippen LogP contribution in [-0.2, 0) is 11.3 Å². The lowest BCUT2D eigenvalue weighted by atomic mass is 10.1. The number of nitrogens with one attached hydrogen (secondary N) is 1. The van der Waals surface area contributed by atoms with Gasteiger partial charge < -0.3 is 10.1 Å². The largest absolute Gasteiger partial charge is 0.457 e. The van der Waals surface area contributed by atoms with Crippen LogP contribution >= 0.6 is 0 Å². The third-order valence-corrected chi connectivity index (χ3v) is 4.80. The van der Waals surface area contributed by atoms with Crippen LogP contribution in [0.15, 0.2) is 36.5 Å². The van der Waals surface area contributed by atoms with Gasteiger partial charge in [0.25, 0.3) is 5.69 Å². The van der Waals surface area contributed by atoms with Crippen molar-refractivity contribution in [2.24, 2.45) is 0 Å². The number of carbonyl (C=O) groups excluding carboxylic acids is 1. The molecule has 0 unspecified atom stereocenters. The quantitative estimate of drug-likeness (QED) is 0.425. The molecule has 32 heavy (non-hydrogen) atoms. The Morgan fingerprint density at radius 2 is 1.78 bits per heavy atom. The fraction of sp³-hybridized carbons (Fsp3) is 0.238. The molecule has 0 radical (unpaired) electrons. The van der Waals surface area contributed by atoms with Crippen molar-refractivity contribution in [1.29, 1.82) is 0 Å². The van der Waals surface area contributed by atoms with Gasteiger partial charge in [-0.15, -0.1) is 0 Å². The van der Waals surface area contributed by atoms with Gasteiger partial charge in [0.05, 0.1) is 21.6 Å². The van der Waals surface area contributed by atoms with Crippen LogP contribution in [0.4, 0.5) is 17.1 Å². The van der Waals surface area contributed by atoms with E-state index < -0.39 is 15.8 Å². The van der Waals surface area contributed by atoms with Crippen LogP contribution in [0.5, 0.6) is 11.5 Å². The Morgan fingerprint density at radius 1 is 1.06 bits per heavy atom. The average Bonchev–Trinajstić information content (AvgIpc) is 3.05. The van der Waals surface area contributed by atoms with Crippen LogP contribution in [0.1, 0.15) is 22.4 Å². The summed E-state index contributed by atoms with van der Waals surface area (Å²) < 4.78 is 7.03. The highest BCUT2D eigenvalue weighted by Crippen LogP contribution is 2.33. The van der Waals surface area contributed by atoms with E-state index in [2.05, 4.69) is 10.4 Å². The van der Waals surface area contributed by atoms with Crippen molar-refractivity contribution < 1.29 is 19.4 Å². The van der Waals surface area contributed by atoms with Crippen LogP contribution in [0, 0.1) is 47.9 Å². The molecule has 1 N–H and O–H groups in total. The lowest BCUT2D eigenvalue weighted by Crippen LogP contribution is -2.19. The van der Waals surface area contributed by atoms with Gasteiger partial charge >= 0.3 is 5.69 Å². The van der Waals surface area contributed by atoms with Gasteiger partial charge in [-0.3, -0.25) is 29.7 Å². The lowest BCUT2D eigenvalue weighted by Gasteiger charge is -2.13. The van der Waals surface area contributed by atoms with E-state index in [0.717, 1.165) is 27.6 Å². The smallest absolute Gasteiger partial charge is 0.309 e.